The summed E-state index contributed by atoms with van der Waals surface area (Å²) < 4.78 is 0. The van der Waals surface area contributed by atoms with Crippen molar-refractivity contribution in [3.05, 3.63) is 12.2 Å². The Balaban J connectivity index is 4.23. The summed E-state index contributed by atoms with van der Waals surface area (Å²) in [5.41, 5.74) is 0.0430. The molecule has 0 aliphatic heterocycles. The molecule has 0 radical (unpaired) electrons. The van der Waals surface area contributed by atoms with Crippen LogP contribution in [0.15, 0.2) is 12.2 Å². The quantitative estimate of drug-likeness (QED) is 0.322. The third kappa shape index (κ3) is 4.94. The zero-order valence-electron chi connectivity index (χ0n) is 9.62. The van der Waals surface area contributed by atoms with Crippen LogP contribution in [0.2, 0.25) is 0 Å². The van der Waals surface area contributed by atoms with Gasteiger partial charge in [0.1, 0.15) is 6.10 Å². The van der Waals surface area contributed by atoms with Gasteiger partial charge in [-0.2, -0.15) is 0 Å². The maximum Gasteiger partial charge on any atom is 0.381 e. The smallest absolute Gasteiger partial charge is 0.381 e. The molecular weight excluding hydrogens is 232 g/mol. The first kappa shape index (κ1) is 15.6. The van der Waals surface area contributed by atoms with Crippen molar-refractivity contribution in [2.45, 2.75) is 26.1 Å². The fourth-order valence-corrected chi connectivity index (χ4v) is 0.807. The molecule has 0 amide bonds. The second kappa shape index (κ2) is 7.00. The van der Waals surface area contributed by atoms with Crippen LogP contribution in [-0.4, -0.2) is 46.1 Å². The summed E-state index contributed by atoms with van der Waals surface area (Å²) in [6.45, 7) is 5.18. The molecule has 0 aromatic carbocycles. The summed E-state index contributed by atoms with van der Waals surface area (Å²) in [6.07, 6.45) is -2.99. The van der Waals surface area contributed by atoms with Crippen LogP contribution in [0.4, 0.5) is 0 Å². The van der Waals surface area contributed by atoms with E-state index in [0.29, 0.717) is 0 Å². The SMILES string of the molecule is C=C(C)C(=O)OOC(=O)C(C)C(O)C(O)CO. The number of hydrogen-bond acceptors (Lipinski definition) is 7. The molecule has 3 unspecified atom stereocenters. The Morgan fingerprint density at radius 3 is 2.24 bits per heavy atom. The fraction of sp³-hybridized carbons (Fsp3) is 0.600. The van der Waals surface area contributed by atoms with Crippen molar-refractivity contribution in [2.24, 2.45) is 5.92 Å². The molecular formula is C10H16O7. The lowest BCUT2D eigenvalue weighted by molar-refractivity contribution is -0.261. The lowest BCUT2D eigenvalue weighted by Crippen LogP contribution is -2.39. The summed E-state index contributed by atoms with van der Waals surface area (Å²) in [7, 11) is 0. The minimum atomic E-state index is -1.52. The van der Waals surface area contributed by atoms with E-state index in [1.807, 2.05) is 0 Å². The van der Waals surface area contributed by atoms with Crippen LogP contribution in [0.5, 0.6) is 0 Å². The molecule has 0 aliphatic carbocycles. The highest BCUT2D eigenvalue weighted by Gasteiger charge is 2.30. The molecule has 0 aliphatic rings. The highest BCUT2D eigenvalue weighted by molar-refractivity contribution is 5.87. The molecule has 0 aromatic rings. The molecule has 0 fully saturated rings. The van der Waals surface area contributed by atoms with Crippen LogP contribution in [0, 0.1) is 5.92 Å². The summed E-state index contributed by atoms with van der Waals surface area (Å²) in [5, 5.41) is 27.0. The monoisotopic (exact) mass is 248 g/mol. The third-order valence-electron chi connectivity index (χ3n) is 2.01. The van der Waals surface area contributed by atoms with Crippen LogP contribution in [0.25, 0.3) is 0 Å². The molecule has 0 heterocycles. The topological polar surface area (TPSA) is 113 Å². The third-order valence-corrected chi connectivity index (χ3v) is 2.01. The van der Waals surface area contributed by atoms with E-state index in [2.05, 4.69) is 16.4 Å². The van der Waals surface area contributed by atoms with Gasteiger partial charge in [0.15, 0.2) is 0 Å². The first-order chi connectivity index (χ1) is 7.81. The standard InChI is InChI=1S/C10H16O7/c1-5(2)9(14)16-17-10(15)6(3)8(13)7(12)4-11/h6-8,11-13H,1,4H2,2-3H3. The van der Waals surface area contributed by atoms with Gasteiger partial charge in [0.25, 0.3) is 0 Å². The van der Waals surface area contributed by atoms with Gasteiger partial charge in [-0.3, -0.25) is 0 Å². The van der Waals surface area contributed by atoms with Gasteiger partial charge >= 0.3 is 11.9 Å². The molecule has 3 atom stereocenters. The van der Waals surface area contributed by atoms with Crippen molar-refractivity contribution in [2.75, 3.05) is 6.61 Å². The normalized spacial score (nSPS) is 15.6. The van der Waals surface area contributed by atoms with E-state index in [9.17, 15) is 14.7 Å². The fourth-order valence-electron chi connectivity index (χ4n) is 0.807. The van der Waals surface area contributed by atoms with Crippen LogP contribution in [-0.2, 0) is 19.4 Å². The Labute approximate surface area is 98.2 Å². The number of carbonyl (C=O) groups excluding carboxylic acids is 2. The molecule has 0 saturated carbocycles. The van der Waals surface area contributed by atoms with Crippen molar-refractivity contribution >= 4 is 11.9 Å². The van der Waals surface area contributed by atoms with E-state index >= 15 is 0 Å². The molecule has 3 N–H and O–H groups in total. The van der Waals surface area contributed by atoms with Gasteiger partial charge in [0.05, 0.1) is 18.6 Å². The molecule has 7 nitrogen and oxygen atoms in total. The molecule has 0 bridgehead atoms. The zero-order valence-corrected chi connectivity index (χ0v) is 9.62. The Hall–Kier alpha value is -1.44. The molecule has 0 spiro atoms. The largest absolute Gasteiger partial charge is 0.394 e. The highest BCUT2D eigenvalue weighted by atomic mass is 17.2. The van der Waals surface area contributed by atoms with E-state index in [1.54, 1.807) is 0 Å². The van der Waals surface area contributed by atoms with Crippen molar-refractivity contribution in [1.29, 1.82) is 0 Å². The van der Waals surface area contributed by atoms with Gasteiger partial charge in [-0.25, -0.2) is 19.4 Å². The average Bonchev–Trinajstić information content (AvgIpc) is 2.32. The highest BCUT2D eigenvalue weighted by Crippen LogP contribution is 2.10. The minimum Gasteiger partial charge on any atom is -0.394 e. The average molecular weight is 248 g/mol. The molecule has 0 saturated heterocycles. The molecule has 17 heavy (non-hydrogen) atoms. The predicted molar refractivity (Wildman–Crippen MR) is 55.3 cm³/mol. The van der Waals surface area contributed by atoms with Crippen molar-refractivity contribution < 1.29 is 34.7 Å². The van der Waals surface area contributed by atoms with Crippen LogP contribution >= 0.6 is 0 Å². The number of aliphatic hydroxyl groups is 3. The van der Waals surface area contributed by atoms with Gasteiger partial charge in [0, 0.05) is 5.57 Å². The molecule has 98 valence electrons. The Kier molecular flexibility index (Phi) is 6.40. The van der Waals surface area contributed by atoms with Gasteiger partial charge in [-0.05, 0) is 13.8 Å². The number of rotatable bonds is 5. The summed E-state index contributed by atoms with van der Waals surface area (Å²) in [6, 6.07) is 0. The van der Waals surface area contributed by atoms with E-state index < -0.39 is 36.7 Å². The van der Waals surface area contributed by atoms with E-state index in [1.165, 1.54) is 13.8 Å². The van der Waals surface area contributed by atoms with Gasteiger partial charge < -0.3 is 15.3 Å². The molecule has 0 rings (SSSR count). The van der Waals surface area contributed by atoms with Crippen molar-refractivity contribution in [3.63, 3.8) is 0 Å². The van der Waals surface area contributed by atoms with Crippen LogP contribution in [0.1, 0.15) is 13.8 Å². The second-order valence-electron chi connectivity index (χ2n) is 3.58. The van der Waals surface area contributed by atoms with E-state index in [0.717, 1.165) is 0 Å². The molecule has 7 heteroatoms. The number of aliphatic hydroxyl groups excluding tert-OH is 3. The van der Waals surface area contributed by atoms with E-state index in [4.69, 9.17) is 10.2 Å². The van der Waals surface area contributed by atoms with Crippen molar-refractivity contribution in [3.8, 4) is 0 Å². The van der Waals surface area contributed by atoms with Gasteiger partial charge in [0.2, 0.25) is 0 Å². The second-order valence-corrected chi connectivity index (χ2v) is 3.58. The maximum atomic E-state index is 11.3. The first-order valence-electron chi connectivity index (χ1n) is 4.86. The summed E-state index contributed by atoms with van der Waals surface area (Å²) >= 11 is 0. The maximum absolute atomic E-state index is 11.3. The van der Waals surface area contributed by atoms with Gasteiger partial charge in [-0.1, -0.05) is 6.58 Å². The Morgan fingerprint density at radius 1 is 1.29 bits per heavy atom. The van der Waals surface area contributed by atoms with Gasteiger partial charge in [-0.15, -0.1) is 0 Å². The Bertz CT molecular complexity index is 299. The first-order valence-corrected chi connectivity index (χ1v) is 4.86. The van der Waals surface area contributed by atoms with Crippen LogP contribution < -0.4 is 0 Å². The van der Waals surface area contributed by atoms with Crippen LogP contribution in [0.3, 0.4) is 0 Å². The number of carbonyl (C=O) groups is 2. The summed E-state index contributed by atoms with van der Waals surface area (Å²) in [4.78, 5) is 30.4. The number of hydrogen-bond donors (Lipinski definition) is 3. The minimum absolute atomic E-state index is 0.0430. The lowest BCUT2D eigenvalue weighted by atomic mass is 10.0. The lowest BCUT2D eigenvalue weighted by Gasteiger charge is -2.19. The zero-order chi connectivity index (χ0) is 13.6. The predicted octanol–water partition coefficient (Wildman–Crippen LogP) is -1.09. The molecule has 0 aromatic heterocycles. The van der Waals surface area contributed by atoms with Crippen molar-refractivity contribution in [1.82, 2.24) is 0 Å². The summed E-state index contributed by atoms with van der Waals surface area (Å²) in [5.74, 6) is -3.11. The Morgan fingerprint density at radius 2 is 1.82 bits per heavy atom. The van der Waals surface area contributed by atoms with E-state index in [-0.39, 0.29) is 5.57 Å².